The maximum atomic E-state index is 14.5. The zero-order chi connectivity index (χ0) is 32.7. The Bertz CT molecular complexity index is 1500. The molecule has 0 bridgehead atoms. The fourth-order valence-electron chi connectivity index (χ4n) is 7.20. The van der Waals surface area contributed by atoms with E-state index in [9.17, 15) is 39.6 Å². The second-order valence-electron chi connectivity index (χ2n) is 13.4. The largest absolute Gasteiger partial charge is 0.508 e. The molecule has 1 amide bonds. The number of aliphatic hydroxyl groups excluding tert-OH is 2. The zero-order valence-electron chi connectivity index (χ0n) is 26.1. The number of fused-ring (bicyclic) bond motifs is 3. The van der Waals surface area contributed by atoms with Crippen molar-refractivity contribution < 1.29 is 44.3 Å². The molecule has 0 saturated heterocycles. The number of aromatic hydroxyl groups is 1. The molecular weight excluding hydrogens is 556 g/mol. The number of ether oxygens (including phenoxy) is 1. The van der Waals surface area contributed by atoms with Crippen molar-refractivity contribution in [1.29, 1.82) is 0 Å². The number of carbonyl (C=O) groups excluding carboxylic acids is 4. The van der Waals surface area contributed by atoms with Crippen molar-refractivity contribution in [3.05, 3.63) is 45.2 Å². The van der Waals surface area contributed by atoms with E-state index in [-0.39, 0.29) is 29.2 Å². The summed E-state index contributed by atoms with van der Waals surface area (Å²) in [6.07, 6.45) is -1.51. The number of phenols is 1. The molecule has 1 saturated carbocycles. The van der Waals surface area contributed by atoms with Crippen molar-refractivity contribution in [1.82, 2.24) is 4.90 Å². The molecule has 6 N–H and O–H groups in total. The summed E-state index contributed by atoms with van der Waals surface area (Å²) in [4.78, 5) is 54.7. The van der Waals surface area contributed by atoms with Crippen molar-refractivity contribution in [2.45, 2.75) is 89.9 Å². The molecule has 3 aliphatic carbocycles. The molecule has 234 valence electrons. The van der Waals surface area contributed by atoms with Crippen molar-refractivity contribution in [2.24, 2.45) is 17.6 Å². The van der Waals surface area contributed by atoms with Gasteiger partial charge in [0.25, 0.3) is 5.91 Å². The molecule has 11 nitrogen and oxygen atoms in total. The van der Waals surface area contributed by atoms with Gasteiger partial charge in [-0.3, -0.25) is 24.1 Å². The third kappa shape index (κ3) is 4.47. The Balaban J connectivity index is 2.19. The molecule has 43 heavy (non-hydrogen) atoms. The number of phenolic OH excluding ortho intramolecular Hbond substituents is 1. The van der Waals surface area contributed by atoms with Gasteiger partial charge >= 0.3 is 5.97 Å². The number of likely N-dealkylation sites (N-methyl/N-ethyl adjacent to an activating group) is 1. The lowest BCUT2D eigenvalue weighted by Crippen LogP contribution is -2.71. The minimum atomic E-state index is -2.97. The minimum Gasteiger partial charge on any atom is -0.508 e. The number of carbonyl (C=O) groups is 4. The highest BCUT2D eigenvalue weighted by molar-refractivity contribution is 6.24. The zero-order valence-corrected chi connectivity index (χ0v) is 26.1. The van der Waals surface area contributed by atoms with Crippen molar-refractivity contribution in [2.75, 3.05) is 14.1 Å². The van der Waals surface area contributed by atoms with Crippen LogP contribution in [0.2, 0.25) is 0 Å². The number of hydrogen-bond acceptors (Lipinski definition) is 10. The number of esters is 1. The van der Waals surface area contributed by atoms with Gasteiger partial charge in [0.15, 0.2) is 11.4 Å². The highest BCUT2D eigenvalue weighted by atomic mass is 16.5. The average Bonchev–Trinajstić information content (AvgIpc) is 2.88. The first kappa shape index (κ1) is 32.2. The minimum absolute atomic E-state index is 0.0143. The molecule has 1 aromatic carbocycles. The summed E-state index contributed by atoms with van der Waals surface area (Å²) in [5.41, 5.74) is 2.46. The monoisotopic (exact) mass is 598 g/mol. The summed E-state index contributed by atoms with van der Waals surface area (Å²) < 4.78 is 5.92. The van der Waals surface area contributed by atoms with E-state index in [1.165, 1.54) is 19.0 Å². The first-order valence-electron chi connectivity index (χ1n) is 14.5. The lowest BCUT2D eigenvalue weighted by Gasteiger charge is -2.54. The number of Topliss-reactive ketones (excluding diaryl/α,β-unsaturated/α-hetero) is 2. The molecule has 0 aromatic heterocycles. The molecule has 0 heterocycles. The summed E-state index contributed by atoms with van der Waals surface area (Å²) in [7, 11) is 2.97. The Morgan fingerprint density at radius 3 is 2.19 bits per heavy atom. The van der Waals surface area contributed by atoms with Gasteiger partial charge in [-0.2, -0.15) is 0 Å². The Hall–Kier alpha value is -3.70. The second-order valence-corrected chi connectivity index (χ2v) is 13.4. The Morgan fingerprint density at radius 1 is 1.14 bits per heavy atom. The van der Waals surface area contributed by atoms with Crippen LogP contribution < -0.4 is 5.73 Å². The third-order valence-corrected chi connectivity index (χ3v) is 9.21. The predicted octanol–water partition coefficient (Wildman–Crippen LogP) is 2.88. The number of primary amides is 1. The highest BCUT2D eigenvalue weighted by Gasteiger charge is 2.69. The van der Waals surface area contributed by atoms with Crippen LogP contribution in [0.25, 0.3) is 5.76 Å². The summed E-state index contributed by atoms with van der Waals surface area (Å²) in [6.45, 7) is 12.9. The smallest absolute Gasteiger partial charge is 0.305 e. The molecule has 0 spiro atoms. The second kappa shape index (κ2) is 10.5. The molecular formula is C32H42N2O9. The standard InChI is InChI=1S/C32H42N2O9/c1-10-16(35)43-27-18-13(4)17-14(12(2)3)11-15(31(5,6)7)24(36)19(17)25(37)20(18)28(39)32(42)22(27)23(34(8)9)26(38)21(29(32)40)30(33)41/h11-13,18,22-23,27,36-37,40,42H,10H2,1-9H3,(H2,33,41)/t13-,18+,22+,23?,27-,32-/m0/s1. The van der Waals surface area contributed by atoms with Gasteiger partial charge in [0, 0.05) is 23.5 Å². The first-order valence-corrected chi connectivity index (χ1v) is 14.5. The molecule has 0 aliphatic heterocycles. The number of ketones is 2. The molecule has 6 atom stereocenters. The Morgan fingerprint density at radius 2 is 1.72 bits per heavy atom. The van der Waals surface area contributed by atoms with E-state index in [1.54, 1.807) is 13.8 Å². The van der Waals surface area contributed by atoms with Crippen LogP contribution in [0.15, 0.2) is 23.0 Å². The van der Waals surface area contributed by atoms with Crippen LogP contribution in [-0.4, -0.2) is 80.6 Å². The normalized spacial score (nSPS) is 29.1. The van der Waals surface area contributed by atoms with Gasteiger partial charge in [0.1, 0.15) is 28.9 Å². The summed E-state index contributed by atoms with van der Waals surface area (Å²) in [5.74, 6) is -9.74. The predicted molar refractivity (Wildman–Crippen MR) is 157 cm³/mol. The van der Waals surface area contributed by atoms with E-state index in [2.05, 4.69) is 0 Å². The van der Waals surface area contributed by atoms with Gasteiger partial charge in [-0.15, -0.1) is 0 Å². The number of aliphatic hydroxyl groups is 3. The lowest BCUT2D eigenvalue weighted by molar-refractivity contribution is -0.185. The van der Waals surface area contributed by atoms with E-state index in [0.717, 1.165) is 5.56 Å². The van der Waals surface area contributed by atoms with Gasteiger partial charge in [-0.05, 0) is 42.5 Å². The SMILES string of the molecule is CCC(=O)O[C@H]1[C@H]2C(=C(O)c3c(O)c(C(C)(C)C)cc(C(C)C)c3[C@@H]2C)C(=O)[C@]2(O)C(O)=C(C(N)=O)C(=O)C(N(C)C)[C@H]12. The van der Waals surface area contributed by atoms with Crippen LogP contribution >= 0.6 is 0 Å². The Kier molecular flexibility index (Phi) is 7.85. The highest BCUT2D eigenvalue weighted by Crippen LogP contribution is 2.58. The fourth-order valence-corrected chi connectivity index (χ4v) is 7.20. The topological polar surface area (TPSA) is 188 Å². The number of nitrogens with two attached hydrogens (primary N) is 1. The number of hydrogen-bond donors (Lipinski definition) is 5. The lowest BCUT2D eigenvalue weighted by atomic mass is 9.53. The average molecular weight is 599 g/mol. The quantitative estimate of drug-likeness (QED) is 0.249. The van der Waals surface area contributed by atoms with E-state index in [1.807, 2.05) is 40.7 Å². The van der Waals surface area contributed by atoms with Gasteiger partial charge in [0.05, 0.1) is 17.5 Å². The maximum absolute atomic E-state index is 14.5. The summed E-state index contributed by atoms with van der Waals surface area (Å²) in [6, 6.07) is 0.461. The van der Waals surface area contributed by atoms with E-state index < -0.39 is 81.4 Å². The van der Waals surface area contributed by atoms with E-state index in [4.69, 9.17) is 10.5 Å². The van der Waals surface area contributed by atoms with Gasteiger partial charge in [0.2, 0.25) is 5.78 Å². The van der Waals surface area contributed by atoms with E-state index >= 15 is 0 Å². The van der Waals surface area contributed by atoms with Crippen molar-refractivity contribution in [3.63, 3.8) is 0 Å². The molecule has 1 fully saturated rings. The third-order valence-electron chi connectivity index (χ3n) is 9.21. The summed E-state index contributed by atoms with van der Waals surface area (Å²) in [5, 5.41) is 46.9. The Labute approximate surface area is 251 Å². The van der Waals surface area contributed by atoms with Crippen LogP contribution in [0.5, 0.6) is 5.75 Å². The number of nitrogens with zero attached hydrogens (tertiary/aromatic N) is 1. The van der Waals surface area contributed by atoms with Crippen molar-refractivity contribution >= 4 is 29.2 Å². The van der Waals surface area contributed by atoms with Crippen LogP contribution in [0, 0.1) is 11.8 Å². The van der Waals surface area contributed by atoms with Crippen molar-refractivity contribution in [3.8, 4) is 5.75 Å². The molecule has 11 heteroatoms. The fraction of sp³-hybridized carbons (Fsp3) is 0.562. The molecule has 1 aromatic rings. The maximum Gasteiger partial charge on any atom is 0.305 e. The first-order chi connectivity index (χ1) is 19.7. The van der Waals surface area contributed by atoms with Crippen LogP contribution in [0.3, 0.4) is 0 Å². The molecule has 3 aliphatic rings. The molecule has 4 rings (SSSR count). The van der Waals surface area contributed by atoms with Crippen LogP contribution in [0.4, 0.5) is 0 Å². The number of benzene rings is 1. The molecule has 0 radical (unpaired) electrons. The summed E-state index contributed by atoms with van der Waals surface area (Å²) >= 11 is 0. The van der Waals surface area contributed by atoms with Crippen LogP contribution in [-0.2, 0) is 29.3 Å². The van der Waals surface area contributed by atoms with E-state index in [0.29, 0.717) is 11.1 Å². The molecule has 1 unspecified atom stereocenters. The number of amides is 1. The van der Waals surface area contributed by atoms with Gasteiger partial charge < -0.3 is 30.9 Å². The van der Waals surface area contributed by atoms with Gasteiger partial charge in [-0.25, -0.2) is 0 Å². The number of rotatable bonds is 5. The van der Waals surface area contributed by atoms with Gasteiger partial charge in [-0.1, -0.05) is 54.5 Å². The van der Waals surface area contributed by atoms with Crippen LogP contribution in [0.1, 0.15) is 89.0 Å².